The smallest absolute Gasteiger partial charge is 0.433 e. The molecule has 5 heterocycles. The molecule has 32 heavy (non-hydrogen) atoms. The normalized spacial score (nSPS) is 14.8. The minimum Gasteiger partial charge on any atom is -0.463 e. The van der Waals surface area contributed by atoms with Crippen LogP contribution in [-0.2, 0) is 6.18 Å². The molecule has 0 N–H and O–H groups in total. The minimum atomic E-state index is -4.70. The average Bonchev–Trinajstić information content (AvgIpc) is 3.48. The van der Waals surface area contributed by atoms with E-state index in [-0.39, 0.29) is 22.7 Å². The number of nitrogens with zero attached hydrogens (tertiary/aromatic N) is 7. The molecule has 1 aliphatic heterocycles. The third kappa shape index (κ3) is 3.53. The van der Waals surface area contributed by atoms with Crippen LogP contribution in [0.5, 0.6) is 0 Å². The largest absolute Gasteiger partial charge is 0.463 e. The lowest BCUT2D eigenvalue weighted by atomic mass is 10.2. The molecule has 0 aromatic carbocycles. The van der Waals surface area contributed by atoms with Crippen molar-refractivity contribution in [3.05, 3.63) is 60.4 Å². The van der Waals surface area contributed by atoms with Gasteiger partial charge in [-0.1, -0.05) is 0 Å². The molecule has 12 heteroatoms. The summed E-state index contributed by atoms with van der Waals surface area (Å²) in [6.45, 7) is 1.71. The summed E-state index contributed by atoms with van der Waals surface area (Å²) in [6.07, 6.45) is 1.04. The lowest BCUT2D eigenvalue weighted by Crippen LogP contribution is -2.49. The van der Waals surface area contributed by atoms with Crippen LogP contribution in [-0.4, -0.2) is 61.6 Å². The topological polar surface area (TPSA) is 92.7 Å². The molecule has 164 valence electrons. The first-order valence-electron chi connectivity index (χ1n) is 9.73. The van der Waals surface area contributed by atoms with E-state index >= 15 is 0 Å². The van der Waals surface area contributed by atoms with E-state index in [0.29, 0.717) is 36.6 Å². The van der Waals surface area contributed by atoms with Crippen LogP contribution >= 0.6 is 0 Å². The van der Waals surface area contributed by atoms with Gasteiger partial charge in [-0.3, -0.25) is 4.79 Å². The molecule has 5 rings (SSSR count). The van der Waals surface area contributed by atoms with Gasteiger partial charge in [0.05, 0.1) is 12.5 Å². The number of hydrogen-bond acceptors (Lipinski definition) is 7. The summed E-state index contributed by atoms with van der Waals surface area (Å²) < 4.78 is 46.9. The molecule has 1 fully saturated rings. The van der Waals surface area contributed by atoms with E-state index in [1.807, 2.05) is 4.90 Å². The lowest BCUT2D eigenvalue weighted by Gasteiger charge is -2.34. The van der Waals surface area contributed by atoms with Crippen LogP contribution in [0.25, 0.3) is 17.1 Å². The predicted molar refractivity (Wildman–Crippen MR) is 106 cm³/mol. The molecule has 1 amide bonds. The van der Waals surface area contributed by atoms with E-state index in [9.17, 15) is 18.0 Å². The number of carbonyl (C=O) groups excluding carboxylic acids is 1. The lowest BCUT2D eigenvalue weighted by molar-refractivity contribution is -0.142. The average molecular weight is 443 g/mol. The Bertz CT molecular complexity index is 1250. The molecular formula is C20H16F3N7O2. The van der Waals surface area contributed by atoms with Crippen molar-refractivity contribution in [2.75, 3.05) is 31.1 Å². The zero-order valence-corrected chi connectivity index (χ0v) is 16.5. The quantitative estimate of drug-likeness (QED) is 0.481. The van der Waals surface area contributed by atoms with Gasteiger partial charge in [-0.15, -0.1) is 0 Å². The van der Waals surface area contributed by atoms with Crippen molar-refractivity contribution in [3.8, 4) is 11.5 Å². The van der Waals surface area contributed by atoms with Crippen molar-refractivity contribution >= 4 is 17.5 Å². The van der Waals surface area contributed by atoms with Crippen LogP contribution in [0.15, 0.2) is 53.5 Å². The fraction of sp³-hybridized carbons (Fsp3) is 0.250. The first kappa shape index (κ1) is 20.0. The molecule has 0 unspecified atom stereocenters. The molecule has 4 aromatic heterocycles. The van der Waals surface area contributed by atoms with E-state index in [1.54, 1.807) is 29.4 Å². The summed E-state index contributed by atoms with van der Waals surface area (Å²) in [5, 5.41) is 3.81. The Morgan fingerprint density at radius 1 is 1.06 bits per heavy atom. The highest BCUT2D eigenvalue weighted by Crippen LogP contribution is 2.33. The SMILES string of the molecule is O=C(c1cnn2c(C(F)(F)F)cc(-c3ccco3)nc12)N1CCN(c2ncccn2)CC1. The Morgan fingerprint density at radius 2 is 1.81 bits per heavy atom. The molecule has 9 nitrogen and oxygen atoms in total. The number of alkyl halides is 3. The fourth-order valence-corrected chi connectivity index (χ4v) is 3.60. The molecule has 0 radical (unpaired) electrons. The van der Waals surface area contributed by atoms with Gasteiger partial charge in [-0.2, -0.15) is 18.3 Å². The fourth-order valence-electron chi connectivity index (χ4n) is 3.60. The summed E-state index contributed by atoms with van der Waals surface area (Å²) in [5.74, 6) is 0.287. The van der Waals surface area contributed by atoms with Crippen molar-refractivity contribution in [2.24, 2.45) is 0 Å². The van der Waals surface area contributed by atoms with Crippen molar-refractivity contribution < 1.29 is 22.4 Å². The number of hydrogen-bond donors (Lipinski definition) is 0. The third-order valence-electron chi connectivity index (χ3n) is 5.17. The molecule has 0 saturated carbocycles. The maximum atomic E-state index is 13.7. The van der Waals surface area contributed by atoms with Crippen LogP contribution < -0.4 is 4.90 Å². The van der Waals surface area contributed by atoms with Gasteiger partial charge >= 0.3 is 6.18 Å². The van der Waals surface area contributed by atoms with E-state index in [2.05, 4.69) is 20.1 Å². The predicted octanol–water partition coefficient (Wildman–Crippen LogP) is 2.76. The molecule has 0 aliphatic carbocycles. The van der Waals surface area contributed by atoms with Crippen molar-refractivity contribution in [3.63, 3.8) is 0 Å². The number of aromatic nitrogens is 5. The highest BCUT2D eigenvalue weighted by Gasteiger charge is 2.37. The first-order valence-corrected chi connectivity index (χ1v) is 9.73. The Kier molecular flexibility index (Phi) is 4.76. The van der Waals surface area contributed by atoms with Crippen LogP contribution in [0.2, 0.25) is 0 Å². The van der Waals surface area contributed by atoms with Gasteiger partial charge in [0, 0.05) is 38.6 Å². The zero-order valence-electron chi connectivity index (χ0n) is 16.5. The second-order valence-corrected chi connectivity index (χ2v) is 7.12. The van der Waals surface area contributed by atoms with E-state index in [1.165, 1.54) is 12.3 Å². The van der Waals surface area contributed by atoms with Gasteiger partial charge in [0.1, 0.15) is 11.3 Å². The van der Waals surface area contributed by atoms with Crippen molar-refractivity contribution in [1.82, 2.24) is 29.5 Å². The highest BCUT2D eigenvalue weighted by atomic mass is 19.4. The standard InChI is InChI=1S/C20H16F3N7O2/c21-20(22,23)16-11-14(15-3-1-10-32-15)27-17-13(12-26-30(16)17)18(31)28-6-8-29(9-7-28)19-24-4-2-5-25-19/h1-5,10-12H,6-9H2. The maximum absolute atomic E-state index is 13.7. The van der Waals surface area contributed by atoms with Gasteiger partial charge in [0.15, 0.2) is 17.1 Å². The van der Waals surface area contributed by atoms with E-state index in [4.69, 9.17) is 4.42 Å². The van der Waals surface area contributed by atoms with Gasteiger partial charge in [0.25, 0.3) is 5.91 Å². The summed E-state index contributed by atoms with van der Waals surface area (Å²) in [5.41, 5.74) is -1.26. The highest BCUT2D eigenvalue weighted by molar-refractivity contribution is 6.00. The Balaban J connectivity index is 1.47. The van der Waals surface area contributed by atoms with Gasteiger partial charge in [0.2, 0.25) is 5.95 Å². The monoisotopic (exact) mass is 443 g/mol. The second kappa shape index (κ2) is 7.62. The van der Waals surface area contributed by atoms with Gasteiger partial charge in [-0.25, -0.2) is 19.5 Å². The molecule has 1 aliphatic rings. The number of fused-ring (bicyclic) bond motifs is 1. The molecule has 0 bridgehead atoms. The van der Waals surface area contributed by atoms with Crippen molar-refractivity contribution in [1.29, 1.82) is 0 Å². The zero-order chi connectivity index (χ0) is 22.3. The maximum Gasteiger partial charge on any atom is 0.433 e. The molecule has 0 atom stereocenters. The summed E-state index contributed by atoms with van der Waals surface area (Å²) in [4.78, 5) is 29.3. The number of furan rings is 1. The van der Waals surface area contributed by atoms with Gasteiger partial charge < -0.3 is 14.2 Å². The molecule has 1 saturated heterocycles. The summed E-state index contributed by atoms with van der Waals surface area (Å²) in [6, 6.07) is 5.62. The van der Waals surface area contributed by atoms with Crippen LogP contribution in [0, 0.1) is 0 Å². The van der Waals surface area contributed by atoms with Crippen molar-refractivity contribution in [2.45, 2.75) is 6.18 Å². The minimum absolute atomic E-state index is 0.00619. The second-order valence-electron chi connectivity index (χ2n) is 7.12. The number of anilines is 1. The Labute approximate surface area is 179 Å². The molecule has 4 aromatic rings. The third-order valence-corrected chi connectivity index (χ3v) is 5.17. The number of piperazine rings is 1. The number of rotatable bonds is 3. The van der Waals surface area contributed by atoms with E-state index < -0.39 is 17.8 Å². The number of halogens is 3. The Hall–Kier alpha value is -3.96. The molecular weight excluding hydrogens is 427 g/mol. The summed E-state index contributed by atoms with van der Waals surface area (Å²) in [7, 11) is 0. The first-order chi connectivity index (χ1) is 15.4. The number of amides is 1. The molecule has 0 spiro atoms. The van der Waals surface area contributed by atoms with Crippen LogP contribution in [0.3, 0.4) is 0 Å². The number of carbonyl (C=O) groups is 1. The van der Waals surface area contributed by atoms with E-state index in [0.717, 1.165) is 12.3 Å². The Morgan fingerprint density at radius 3 is 2.47 bits per heavy atom. The van der Waals surface area contributed by atoms with Crippen LogP contribution in [0.4, 0.5) is 19.1 Å². The summed E-state index contributed by atoms with van der Waals surface area (Å²) >= 11 is 0. The van der Waals surface area contributed by atoms with Gasteiger partial charge in [-0.05, 0) is 24.3 Å². The van der Waals surface area contributed by atoms with Crippen LogP contribution in [0.1, 0.15) is 16.1 Å².